The Labute approximate surface area is 166 Å². The lowest BCUT2D eigenvalue weighted by atomic mass is 9.83. The Morgan fingerprint density at radius 2 is 1.81 bits per heavy atom. The maximum absolute atomic E-state index is 13.2. The number of rotatable bonds is 6. The third-order valence-corrected chi connectivity index (χ3v) is 4.77. The van der Waals surface area contributed by atoms with E-state index >= 15 is 0 Å². The number of hydrogen-bond acceptors (Lipinski definition) is 4. The maximum Gasteiger partial charge on any atom is 0.174 e. The van der Waals surface area contributed by atoms with Crippen LogP contribution in [-0.2, 0) is 0 Å². The van der Waals surface area contributed by atoms with E-state index in [2.05, 4.69) is 4.98 Å². The maximum atomic E-state index is 13.2. The average Bonchev–Trinajstić information content (AvgIpc) is 2.69. The van der Waals surface area contributed by atoms with Crippen molar-refractivity contribution in [2.45, 2.75) is 6.10 Å². The molecule has 0 amide bonds. The van der Waals surface area contributed by atoms with Crippen LogP contribution in [0.3, 0.4) is 0 Å². The van der Waals surface area contributed by atoms with Crippen LogP contribution in [0.2, 0.25) is 10.0 Å². The molecule has 0 aliphatic rings. The number of benzene rings is 2. The van der Waals surface area contributed by atoms with Crippen LogP contribution in [0, 0.1) is 11.3 Å². The largest absolute Gasteiger partial charge is 0.387 e. The zero-order valence-corrected chi connectivity index (χ0v) is 15.7. The number of hydrogen-bond donors (Lipinski definition) is 2. The lowest BCUT2D eigenvalue weighted by Crippen LogP contribution is -2.31. The van der Waals surface area contributed by atoms with Crippen molar-refractivity contribution in [2.75, 3.05) is 0 Å². The van der Waals surface area contributed by atoms with Crippen LogP contribution in [0.4, 0.5) is 0 Å². The second-order valence-electron chi connectivity index (χ2n) is 5.98. The molecule has 3 aromatic rings. The van der Waals surface area contributed by atoms with Crippen LogP contribution >= 0.6 is 23.2 Å². The fraction of sp³-hybridized carbons (Fsp3) is 0.0952. The van der Waals surface area contributed by atoms with Crippen molar-refractivity contribution in [1.29, 1.82) is 5.41 Å². The molecule has 6 heteroatoms. The lowest BCUT2D eigenvalue weighted by Gasteiger charge is -2.24. The van der Waals surface area contributed by atoms with Gasteiger partial charge in [-0.2, -0.15) is 0 Å². The predicted octanol–water partition coefficient (Wildman–Crippen LogP) is 4.99. The standard InChI is InChI=1S/C21H16Cl2N2O2/c22-15-7-3-5-13(11-15)20(26)18(21(27)14-6-4-10-25-12-14)19(24)16-8-1-2-9-17(16)23/h1-12,18,21,24,27H. The summed E-state index contributed by atoms with van der Waals surface area (Å²) in [4.78, 5) is 17.2. The average molecular weight is 399 g/mol. The van der Waals surface area contributed by atoms with E-state index in [1.807, 2.05) is 0 Å². The first-order valence-corrected chi connectivity index (χ1v) is 8.95. The van der Waals surface area contributed by atoms with Gasteiger partial charge in [0.1, 0.15) is 0 Å². The molecule has 27 heavy (non-hydrogen) atoms. The van der Waals surface area contributed by atoms with Gasteiger partial charge >= 0.3 is 0 Å². The summed E-state index contributed by atoms with van der Waals surface area (Å²) in [6, 6.07) is 16.5. The number of pyridine rings is 1. The third-order valence-electron chi connectivity index (χ3n) is 4.21. The van der Waals surface area contributed by atoms with Gasteiger partial charge < -0.3 is 10.5 Å². The Morgan fingerprint density at radius 1 is 1.04 bits per heavy atom. The van der Waals surface area contributed by atoms with Gasteiger partial charge in [-0.1, -0.05) is 59.6 Å². The molecule has 1 aromatic heterocycles. The quantitative estimate of drug-likeness (QED) is 0.453. The zero-order valence-electron chi connectivity index (χ0n) is 14.1. The molecule has 0 fully saturated rings. The molecule has 4 nitrogen and oxygen atoms in total. The summed E-state index contributed by atoms with van der Waals surface area (Å²) in [5, 5.41) is 20.3. The van der Waals surface area contributed by atoms with Gasteiger partial charge in [-0.15, -0.1) is 0 Å². The van der Waals surface area contributed by atoms with Crippen LogP contribution < -0.4 is 0 Å². The van der Waals surface area contributed by atoms with Gasteiger partial charge in [0.25, 0.3) is 0 Å². The number of carbonyl (C=O) groups excluding carboxylic acids is 1. The number of aromatic nitrogens is 1. The molecule has 0 aliphatic heterocycles. The zero-order chi connectivity index (χ0) is 19.4. The van der Waals surface area contributed by atoms with Crippen LogP contribution in [0.15, 0.2) is 73.1 Å². The topological polar surface area (TPSA) is 74.0 Å². The molecule has 0 saturated heterocycles. The van der Waals surface area contributed by atoms with Crippen molar-refractivity contribution in [2.24, 2.45) is 5.92 Å². The molecule has 0 aliphatic carbocycles. The highest BCUT2D eigenvalue weighted by molar-refractivity contribution is 6.35. The number of aliphatic hydroxyl groups is 1. The van der Waals surface area contributed by atoms with E-state index in [1.165, 1.54) is 12.3 Å². The molecule has 1 heterocycles. The predicted molar refractivity (Wildman–Crippen MR) is 107 cm³/mol. The first-order valence-electron chi connectivity index (χ1n) is 8.20. The first-order chi connectivity index (χ1) is 13.0. The first kappa shape index (κ1) is 19.2. The Kier molecular flexibility index (Phi) is 6.01. The molecular formula is C21H16Cl2N2O2. The van der Waals surface area contributed by atoms with Crippen molar-refractivity contribution >= 4 is 34.7 Å². The lowest BCUT2D eigenvalue weighted by molar-refractivity contribution is 0.0793. The minimum absolute atomic E-state index is 0.0677. The van der Waals surface area contributed by atoms with Gasteiger partial charge in [-0.25, -0.2) is 0 Å². The van der Waals surface area contributed by atoms with Gasteiger partial charge in [0.2, 0.25) is 0 Å². The van der Waals surface area contributed by atoms with Gasteiger partial charge in [0.05, 0.1) is 17.7 Å². The number of ketones is 1. The third kappa shape index (κ3) is 4.25. The molecule has 0 saturated carbocycles. The molecule has 136 valence electrons. The number of nitrogens with zero attached hydrogens (tertiary/aromatic N) is 1. The number of halogens is 2. The number of Topliss-reactive ketones (excluding diaryl/α,β-unsaturated/α-hetero) is 1. The Morgan fingerprint density at radius 3 is 2.48 bits per heavy atom. The van der Waals surface area contributed by atoms with E-state index in [1.54, 1.807) is 60.8 Å². The molecule has 0 spiro atoms. The molecule has 2 N–H and O–H groups in total. The second kappa shape index (κ2) is 8.44. The van der Waals surface area contributed by atoms with Crippen LogP contribution in [0.25, 0.3) is 0 Å². The summed E-state index contributed by atoms with van der Waals surface area (Å²) in [6.07, 6.45) is 1.79. The molecule has 3 rings (SSSR count). The Hall–Kier alpha value is -2.53. The van der Waals surface area contributed by atoms with E-state index in [4.69, 9.17) is 28.6 Å². The van der Waals surface area contributed by atoms with E-state index in [0.29, 0.717) is 26.7 Å². The SMILES string of the molecule is N=C(c1ccccc1Cl)C(C(=O)c1cccc(Cl)c1)C(O)c1cccnc1. The fourth-order valence-electron chi connectivity index (χ4n) is 2.84. The highest BCUT2D eigenvalue weighted by Gasteiger charge is 2.34. The summed E-state index contributed by atoms with van der Waals surface area (Å²) in [6.45, 7) is 0. The van der Waals surface area contributed by atoms with E-state index in [-0.39, 0.29) is 5.71 Å². The second-order valence-corrected chi connectivity index (χ2v) is 6.82. The number of aliphatic hydroxyl groups excluding tert-OH is 1. The monoisotopic (exact) mass is 398 g/mol. The van der Waals surface area contributed by atoms with E-state index < -0.39 is 17.8 Å². The minimum atomic E-state index is -1.26. The highest BCUT2D eigenvalue weighted by atomic mass is 35.5. The fourth-order valence-corrected chi connectivity index (χ4v) is 3.27. The van der Waals surface area contributed by atoms with Crippen molar-refractivity contribution in [3.8, 4) is 0 Å². The van der Waals surface area contributed by atoms with Crippen molar-refractivity contribution in [1.82, 2.24) is 4.98 Å². The Bertz CT molecular complexity index is 977. The van der Waals surface area contributed by atoms with Crippen molar-refractivity contribution in [3.63, 3.8) is 0 Å². The summed E-state index contributed by atoms with van der Waals surface area (Å²) in [5.41, 5.74) is 1.08. The molecular weight excluding hydrogens is 383 g/mol. The summed E-state index contributed by atoms with van der Waals surface area (Å²) < 4.78 is 0. The molecule has 0 bridgehead atoms. The molecule has 0 radical (unpaired) electrons. The van der Waals surface area contributed by atoms with Crippen LogP contribution in [-0.4, -0.2) is 21.6 Å². The molecule has 2 unspecified atom stereocenters. The molecule has 2 atom stereocenters. The normalized spacial score (nSPS) is 13.0. The summed E-state index contributed by atoms with van der Waals surface area (Å²) in [5.74, 6) is -1.58. The number of nitrogens with one attached hydrogen (secondary N) is 1. The van der Waals surface area contributed by atoms with Gasteiger partial charge in [-0.05, 0) is 29.8 Å². The van der Waals surface area contributed by atoms with E-state index in [0.717, 1.165) is 0 Å². The molecule has 2 aromatic carbocycles. The van der Waals surface area contributed by atoms with Crippen molar-refractivity contribution < 1.29 is 9.90 Å². The highest BCUT2D eigenvalue weighted by Crippen LogP contribution is 2.31. The summed E-state index contributed by atoms with van der Waals surface area (Å²) in [7, 11) is 0. The summed E-state index contributed by atoms with van der Waals surface area (Å²) >= 11 is 12.2. The van der Waals surface area contributed by atoms with Gasteiger partial charge in [-0.3, -0.25) is 9.78 Å². The number of carbonyl (C=O) groups is 1. The smallest absolute Gasteiger partial charge is 0.174 e. The van der Waals surface area contributed by atoms with Gasteiger partial charge in [0, 0.05) is 33.6 Å². The van der Waals surface area contributed by atoms with Crippen LogP contribution in [0.1, 0.15) is 27.6 Å². The minimum Gasteiger partial charge on any atom is -0.387 e. The van der Waals surface area contributed by atoms with Gasteiger partial charge in [0.15, 0.2) is 5.78 Å². The Balaban J connectivity index is 2.07. The van der Waals surface area contributed by atoms with E-state index in [9.17, 15) is 9.90 Å². The van der Waals surface area contributed by atoms with Crippen LogP contribution in [0.5, 0.6) is 0 Å². The van der Waals surface area contributed by atoms with Crippen molar-refractivity contribution in [3.05, 3.63) is 99.8 Å².